The lowest BCUT2D eigenvalue weighted by Gasteiger charge is -2.09. The van der Waals surface area contributed by atoms with Crippen LogP contribution in [0.3, 0.4) is 0 Å². The van der Waals surface area contributed by atoms with Gasteiger partial charge in [0.25, 0.3) is 0 Å². The predicted octanol–water partition coefficient (Wildman–Crippen LogP) is 3.43. The Morgan fingerprint density at radius 1 is 1.41 bits per heavy atom. The van der Waals surface area contributed by atoms with Gasteiger partial charge in [0, 0.05) is 18.4 Å². The number of hydrogen-bond acceptors (Lipinski definition) is 2. The van der Waals surface area contributed by atoms with Crippen molar-refractivity contribution in [3.8, 4) is 0 Å². The summed E-state index contributed by atoms with van der Waals surface area (Å²) in [5, 5.41) is 3.48. The molecule has 2 nitrogen and oxygen atoms in total. The third kappa shape index (κ3) is 5.64. The van der Waals surface area contributed by atoms with E-state index in [1.807, 2.05) is 13.1 Å². The summed E-state index contributed by atoms with van der Waals surface area (Å²) in [6.07, 6.45) is 5.26. The van der Waals surface area contributed by atoms with Crippen LogP contribution in [-0.4, -0.2) is 18.1 Å². The summed E-state index contributed by atoms with van der Waals surface area (Å²) in [6.45, 7) is 10.7. The number of nitrogens with zero attached hydrogens (tertiary/aromatic N) is 1. The van der Waals surface area contributed by atoms with Crippen LogP contribution in [0.25, 0.3) is 6.08 Å². The van der Waals surface area contributed by atoms with Crippen molar-refractivity contribution >= 4 is 6.08 Å². The zero-order valence-corrected chi connectivity index (χ0v) is 11.5. The maximum Gasteiger partial charge on any atom is 0.0373 e. The molecule has 0 radical (unpaired) electrons. The summed E-state index contributed by atoms with van der Waals surface area (Å²) >= 11 is 0. The molecule has 1 aromatic heterocycles. The van der Waals surface area contributed by atoms with Crippen LogP contribution < -0.4 is 5.32 Å². The molecule has 0 saturated carbocycles. The molecule has 17 heavy (non-hydrogen) atoms. The lowest BCUT2D eigenvalue weighted by molar-refractivity contribution is 0.569. The molecule has 1 aromatic rings. The van der Waals surface area contributed by atoms with Crippen molar-refractivity contribution in [2.75, 3.05) is 13.1 Å². The summed E-state index contributed by atoms with van der Waals surface area (Å²) in [6, 6.07) is 4.18. The standard InChI is InChI=1S/C15H24N2/c1-5-14(10-16-9-12(2)3)8-15-7-6-13(4)17-11-15/h6-8,11-12,16H,5,9-10H2,1-4H3/b14-8-. The van der Waals surface area contributed by atoms with Crippen LogP contribution in [0, 0.1) is 12.8 Å². The van der Waals surface area contributed by atoms with Crippen LogP contribution in [-0.2, 0) is 0 Å². The summed E-state index contributed by atoms with van der Waals surface area (Å²) < 4.78 is 0. The van der Waals surface area contributed by atoms with E-state index in [1.165, 1.54) is 11.1 Å². The Kier molecular flexibility index (Phi) is 5.92. The lowest BCUT2D eigenvalue weighted by Crippen LogP contribution is -2.21. The van der Waals surface area contributed by atoms with Crippen molar-refractivity contribution in [2.24, 2.45) is 5.92 Å². The normalized spacial score (nSPS) is 12.2. The van der Waals surface area contributed by atoms with Crippen LogP contribution >= 0.6 is 0 Å². The third-order valence-corrected chi connectivity index (χ3v) is 2.66. The van der Waals surface area contributed by atoms with Crippen molar-refractivity contribution < 1.29 is 0 Å². The van der Waals surface area contributed by atoms with E-state index in [0.29, 0.717) is 5.92 Å². The first kappa shape index (κ1) is 13.9. The molecule has 94 valence electrons. The minimum Gasteiger partial charge on any atom is -0.313 e. The van der Waals surface area contributed by atoms with Crippen LogP contribution in [0.5, 0.6) is 0 Å². The molecule has 0 aliphatic rings. The second kappa shape index (κ2) is 7.23. The van der Waals surface area contributed by atoms with Gasteiger partial charge < -0.3 is 5.32 Å². The molecule has 0 spiro atoms. The fourth-order valence-corrected chi connectivity index (χ4v) is 1.60. The molecule has 0 aliphatic heterocycles. The van der Waals surface area contributed by atoms with Crippen molar-refractivity contribution in [2.45, 2.75) is 34.1 Å². The number of hydrogen-bond donors (Lipinski definition) is 1. The Morgan fingerprint density at radius 2 is 2.18 bits per heavy atom. The summed E-state index contributed by atoms with van der Waals surface area (Å²) in [7, 11) is 0. The molecule has 1 N–H and O–H groups in total. The molecule has 0 amide bonds. The molecule has 1 rings (SSSR count). The van der Waals surface area contributed by atoms with Gasteiger partial charge in [-0.25, -0.2) is 0 Å². The smallest absolute Gasteiger partial charge is 0.0373 e. The highest BCUT2D eigenvalue weighted by Gasteiger charge is 1.97. The second-order valence-corrected chi connectivity index (χ2v) is 4.91. The third-order valence-electron chi connectivity index (χ3n) is 2.66. The van der Waals surface area contributed by atoms with E-state index in [9.17, 15) is 0 Å². The van der Waals surface area contributed by atoms with E-state index < -0.39 is 0 Å². The van der Waals surface area contributed by atoms with Crippen LogP contribution in [0.2, 0.25) is 0 Å². The largest absolute Gasteiger partial charge is 0.313 e. The van der Waals surface area contributed by atoms with E-state index in [0.717, 1.165) is 25.2 Å². The van der Waals surface area contributed by atoms with Gasteiger partial charge in [0.2, 0.25) is 0 Å². The van der Waals surface area contributed by atoms with Crippen molar-refractivity contribution in [3.05, 3.63) is 35.2 Å². The van der Waals surface area contributed by atoms with Crippen molar-refractivity contribution in [1.82, 2.24) is 10.3 Å². The SMILES string of the molecule is CC/C(=C/c1ccc(C)nc1)CNCC(C)C. The van der Waals surface area contributed by atoms with Gasteiger partial charge in [-0.2, -0.15) is 0 Å². The fourth-order valence-electron chi connectivity index (χ4n) is 1.60. The Balaban J connectivity index is 2.57. The maximum absolute atomic E-state index is 4.31. The average Bonchev–Trinajstić information content (AvgIpc) is 2.30. The molecule has 0 unspecified atom stereocenters. The first-order valence-corrected chi connectivity index (χ1v) is 6.44. The van der Waals surface area contributed by atoms with Gasteiger partial charge in [-0.3, -0.25) is 4.98 Å². The van der Waals surface area contributed by atoms with Gasteiger partial charge in [0.15, 0.2) is 0 Å². The van der Waals surface area contributed by atoms with Gasteiger partial charge in [0.05, 0.1) is 0 Å². The highest BCUT2D eigenvalue weighted by Crippen LogP contribution is 2.08. The number of pyridine rings is 1. The van der Waals surface area contributed by atoms with Crippen molar-refractivity contribution in [3.63, 3.8) is 0 Å². The predicted molar refractivity (Wildman–Crippen MR) is 74.9 cm³/mol. The van der Waals surface area contributed by atoms with Gasteiger partial charge in [-0.1, -0.05) is 38.5 Å². The molecule has 1 heterocycles. The Labute approximate surface area is 105 Å². The van der Waals surface area contributed by atoms with E-state index in [2.05, 4.69) is 49.3 Å². The summed E-state index contributed by atoms with van der Waals surface area (Å²) in [5.41, 5.74) is 3.69. The maximum atomic E-state index is 4.31. The first-order chi connectivity index (χ1) is 8.11. The minimum absolute atomic E-state index is 0.703. The lowest BCUT2D eigenvalue weighted by atomic mass is 10.1. The highest BCUT2D eigenvalue weighted by atomic mass is 14.9. The molecule has 0 saturated heterocycles. The van der Waals surface area contributed by atoms with Gasteiger partial charge in [0.1, 0.15) is 0 Å². The molecule has 0 atom stereocenters. The van der Waals surface area contributed by atoms with E-state index in [1.54, 1.807) is 0 Å². The minimum atomic E-state index is 0.703. The average molecular weight is 232 g/mol. The topological polar surface area (TPSA) is 24.9 Å². The van der Waals surface area contributed by atoms with Crippen LogP contribution in [0.1, 0.15) is 38.4 Å². The number of rotatable bonds is 6. The Morgan fingerprint density at radius 3 is 2.71 bits per heavy atom. The molecular weight excluding hydrogens is 208 g/mol. The van der Waals surface area contributed by atoms with Gasteiger partial charge in [-0.05, 0) is 37.4 Å². The van der Waals surface area contributed by atoms with E-state index in [4.69, 9.17) is 0 Å². The fraction of sp³-hybridized carbons (Fsp3) is 0.533. The van der Waals surface area contributed by atoms with E-state index >= 15 is 0 Å². The number of aryl methyl sites for hydroxylation is 1. The summed E-state index contributed by atoms with van der Waals surface area (Å²) in [4.78, 5) is 4.31. The zero-order chi connectivity index (χ0) is 12.7. The van der Waals surface area contributed by atoms with Gasteiger partial charge >= 0.3 is 0 Å². The Bertz CT molecular complexity index is 350. The molecule has 0 fully saturated rings. The monoisotopic (exact) mass is 232 g/mol. The molecule has 2 heteroatoms. The highest BCUT2D eigenvalue weighted by molar-refractivity contribution is 5.52. The first-order valence-electron chi connectivity index (χ1n) is 6.44. The number of aromatic nitrogens is 1. The van der Waals surface area contributed by atoms with Gasteiger partial charge in [-0.15, -0.1) is 0 Å². The van der Waals surface area contributed by atoms with Crippen molar-refractivity contribution in [1.29, 1.82) is 0 Å². The molecule has 0 aliphatic carbocycles. The van der Waals surface area contributed by atoms with Crippen LogP contribution in [0.4, 0.5) is 0 Å². The summed E-state index contributed by atoms with van der Waals surface area (Å²) in [5.74, 6) is 0.703. The quantitative estimate of drug-likeness (QED) is 0.813. The number of nitrogens with one attached hydrogen (secondary N) is 1. The molecule has 0 aromatic carbocycles. The van der Waals surface area contributed by atoms with Crippen LogP contribution in [0.15, 0.2) is 23.9 Å². The zero-order valence-electron chi connectivity index (χ0n) is 11.5. The molecule has 0 bridgehead atoms. The second-order valence-electron chi connectivity index (χ2n) is 4.91. The molecular formula is C15H24N2. The van der Waals surface area contributed by atoms with E-state index in [-0.39, 0.29) is 0 Å². The Hall–Kier alpha value is -1.15.